The van der Waals surface area contributed by atoms with Crippen molar-refractivity contribution in [1.82, 2.24) is 4.90 Å². The Kier molecular flexibility index (Phi) is 3.96. The molecule has 0 aromatic carbocycles. The highest BCUT2D eigenvalue weighted by Crippen LogP contribution is 2.26. The molecule has 3 fully saturated rings. The number of carboxylic acid groups (broad SMARTS) is 1. The van der Waals surface area contributed by atoms with E-state index in [9.17, 15) is 5.11 Å². The fourth-order valence-electron chi connectivity index (χ4n) is 1.93. The van der Waals surface area contributed by atoms with Crippen LogP contribution in [0.15, 0.2) is 0 Å². The predicted octanol–water partition coefficient (Wildman–Crippen LogP) is 0.976. The number of hydrogen-bond acceptors (Lipinski definition) is 3. The summed E-state index contributed by atoms with van der Waals surface area (Å²) in [7, 11) is 0. The highest BCUT2D eigenvalue weighted by molar-refractivity contribution is 6.60. The van der Waals surface area contributed by atoms with E-state index in [1.54, 1.807) is 0 Å². The summed E-state index contributed by atoms with van der Waals surface area (Å²) >= 11 is 4.19. The maximum atomic E-state index is 9.36. The third kappa shape index (κ3) is 3.50. The standard InChI is InChI=1S/C7H13NO.CHClO2/c9-7-5-8-3-1-6(7)2-4-8;2-1(3)4/h6-7,9H,1-5H2;(H,3,4)/t7-;/m0./s1. The molecule has 0 aromatic heterocycles. The molecule has 3 heterocycles. The van der Waals surface area contributed by atoms with Crippen LogP contribution in [-0.2, 0) is 0 Å². The van der Waals surface area contributed by atoms with Crippen LogP contribution < -0.4 is 0 Å². The van der Waals surface area contributed by atoms with Gasteiger partial charge in [0.2, 0.25) is 0 Å². The molecule has 0 spiro atoms. The van der Waals surface area contributed by atoms with Crippen LogP contribution in [0.2, 0.25) is 0 Å². The first-order valence-electron chi connectivity index (χ1n) is 4.38. The van der Waals surface area contributed by atoms with E-state index in [1.165, 1.54) is 25.9 Å². The van der Waals surface area contributed by atoms with Gasteiger partial charge in [-0.3, -0.25) is 0 Å². The second-order valence-electron chi connectivity index (χ2n) is 3.46. The van der Waals surface area contributed by atoms with Gasteiger partial charge in [0.1, 0.15) is 0 Å². The van der Waals surface area contributed by atoms with Crippen molar-refractivity contribution in [2.75, 3.05) is 19.6 Å². The number of fused-ring (bicyclic) bond motifs is 3. The molecule has 0 saturated carbocycles. The molecule has 13 heavy (non-hydrogen) atoms. The summed E-state index contributed by atoms with van der Waals surface area (Å²) in [5, 5.41) is 16.5. The van der Waals surface area contributed by atoms with Crippen molar-refractivity contribution in [3.63, 3.8) is 0 Å². The molecule has 76 valence electrons. The maximum absolute atomic E-state index is 9.36. The second-order valence-corrected chi connectivity index (χ2v) is 3.78. The Labute approximate surface area is 82.1 Å². The number of aliphatic hydroxyl groups excluding tert-OH is 1. The van der Waals surface area contributed by atoms with Gasteiger partial charge in [0.15, 0.2) is 0 Å². The number of piperidine rings is 3. The van der Waals surface area contributed by atoms with E-state index in [2.05, 4.69) is 16.5 Å². The van der Waals surface area contributed by atoms with Gasteiger partial charge in [0, 0.05) is 18.1 Å². The molecule has 3 saturated heterocycles. The van der Waals surface area contributed by atoms with E-state index >= 15 is 0 Å². The van der Waals surface area contributed by atoms with Crippen molar-refractivity contribution in [1.29, 1.82) is 0 Å². The van der Waals surface area contributed by atoms with Crippen LogP contribution in [0.4, 0.5) is 4.79 Å². The number of hydrogen-bond donors (Lipinski definition) is 2. The average Bonchev–Trinajstić information content (AvgIpc) is 2.04. The van der Waals surface area contributed by atoms with E-state index in [0.29, 0.717) is 5.92 Å². The zero-order chi connectivity index (χ0) is 9.84. The van der Waals surface area contributed by atoms with Crippen molar-refractivity contribution < 1.29 is 15.0 Å². The number of carbonyl (C=O) groups is 1. The fraction of sp³-hybridized carbons (Fsp3) is 0.875. The Balaban J connectivity index is 0.000000184. The minimum atomic E-state index is -1.36. The van der Waals surface area contributed by atoms with Crippen LogP contribution in [0.3, 0.4) is 0 Å². The Morgan fingerprint density at radius 3 is 2.00 bits per heavy atom. The minimum Gasteiger partial charge on any atom is -0.469 e. The molecule has 0 aliphatic carbocycles. The molecular formula is C8H14ClNO3. The molecule has 3 aliphatic heterocycles. The summed E-state index contributed by atoms with van der Waals surface area (Å²) in [5.41, 5.74) is -1.36. The Hall–Kier alpha value is -0.320. The zero-order valence-corrected chi connectivity index (χ0v) is 8.07. The normalized spacial score (nSPS) is 36.3. The lowest BCUT2D eigenvalue weighted by Gasteiger charge is -2.42. The molecule has 1 atom stereocenters. The molecule has 3 aliphatic rings. The first-order valence-corrected chi connectivity index (χ1v) is 4.76. The molecule has 0 aromatic rings. The fourth-order valence-corrected chi connectivity index (χ4v) is 1.93. The summed E-state index contributed by atoms with van der Waals surface area (Å²) < 4.78 is 0. The molecular weight excluding hydrogens is 194 g/mol. The van der Waals surface area contributed by atoms with Crippen LogP contribution in [-0.4, -0.2) is 46.3 Å². The minimum absolute atomic E-state index is 0.00694. The maximum Gasteiger partial charge on any atom is 0.401 e. The third-order valence-electron chi connectivity index (χ3n) is 2.62. The van der Waals surface area contributed by atoms with E-state index in [-0.39, 0.29) is 6.10 Å². The lowest BCUT2D eigenvalue weighted by atomic mass is 9.86. The van der Waals surface area contributed by atoms with Gasteiger partial charge in [-0.05, 0) is 31.8 Å². The van der Waals surface area contributed by atoms with Gasteiger partial charge >= 0.3 is 5.43 Å². The van der Waals surface area contributed by atoms with Crippen molar-refractivity contribution >= 4 is 17.0 Å². The van der Waals surface area contributed by atoms with Gasteiger partial charge in [0.05, 0.1) is 6.10 Å². The summed E-state index contributed by atoms with van der Waals surface area (Å²) in [4.78, 5) is 11.1. The van der Waals surface area contributed by atoms with Gasteiger partial charge in [0.25, 0.3) is 0 Å². The first-order chi connectivity index (χ1) is 6.09. The third-order valence-corrected chi connectivity index (χ3v) is 2.62. The Morgan fingerprint density at radius 1 is 1.38 bits per heavy atom. The van der Waals surface area contributed by atoms with Crippen molar-refractivity contribution in [3.05, 3.63) is 0 Å². The molecule has 2 N–H and O–H groups in total. The number of aliphatic hydroxyl groups is 1. The molecule has 4 nitrogen and oxygen atoms in total. The summed E-state index contributed by atoms with van der Waals surface area (Å²) in [6.45, 7) is 3.38. The van der Waals surface area contributed by atoms with E-state index in [1.807, 2.05) is 0 Å². The number of halogens is 1. The second kappa shape index (κ2) is 4.79. The predicted molar refractivity (Wildman–Crippen MR) is 49.0 cm³/mol. The van der Waals surface area contributed by atoms with Crippen LogP contribution >= 0.6 is 11.6 Å². The highest BCUT2D eigenvalue weighted by Gasteiger charge is 2.32. The molecule has 0 radical (unpaired) electrons. The molecule has 3 rings (SSSR count). The molecule has 5 heteroatoms. The molecule has 0 amide bonds. The smallest absolute Gasteiger partial charge is 0.401 e. The molecule has 2 bridgehead atoms. The zero-order valence-electron chi connectivity index (χ0n) is 7.32. The lowest BCUT2D eigenvalue weighted by molar-refractivity contribution is -0.0227. The topological polar surface area (TPSA) is 60.8 Å². The van der Waals surface area contributed by atoms with Gasteiger partial charge in [-0.2, -0.15) is 0 Å². The summed E-state index contributed by atoms with van der Waals surface area (Å²) in [6, 6.07) is 0. The average molecular weight is 208 g/mol. The van der Waals surface area contributed by atoms with Crippen molar-refractivity contribution in [3.8, 4) is 0 Å². The van der Waals surface area contributed by atoms with E-state index < -0.39 is 5.43 Å². The Bertz CT molecular complexity index is 176. The van der Waals surface area contributed by atoms with Crippen LogP contribution in [0, 0.1) is 5.92 Å². The van der Waals surface area contributed by atoms with Crippen molar-refractivity contribution in [2.24, 2.45) is 5.92 Å². The number of rotatable bonds is 0. The SMILES string of the molecule is O=C(O)Cl.O[C@H]1CN2CCC1CC2. The van der Waals surface area contributed by atoms with E-state index in [4.69, 9.17) is 9.90 Å². The summed E-state index contributed by atoms with van der Waals surface area (Å²) in [5.74, 6) is 0.634. The van der Waals surface area contributed by atoms with Crippen molar-refractivity contribution in [2.45, 2.75) is 18.9 Å². The van der Waals surface area contributed by atoms with Gasteiger partial charge < -0.3 is 15.1 Å². The van der Waals surface area contributed by atoms with Gasteiger partial charge in [-0.25, -0.2) is 4.79 Å². The van der Waals surface area contributed by atoms with Crippen LogP contribution in [0.1, 0.15) is 12.8 Å². The van der Waals surface area contributed by atoms with Gasteiger partial charge in [-0.1, -0.05) is 0 Å². The Morgan fingerprint density at radius 2 is 1.85 bits per heavy atom. The highest BCUT2D eigenvalue weighted by atomic mass is 35.5. The van der Waals surface area contributed by atoms with Gasteiger partial charge in [-0.15, -0.1) is 0 Å². The van der Waals surface area contributed by atoms with E-state index in [0.717, 1.165) is 6.54 Å². The quantitative estimate of drug-likeness (QED) is 0.582. The molecule has 0 unspecified atom stereocenters. The lowest BCUT2D eigenvalue weighted by Crippen LogP contribution is -2.50. The monoisotopic (exact) mass is 207 g/mol. The summed E-state index contributed by atoms with van der Waals surface area (Å²) in [6.07, 6.45) is 2.44. The van der Waals surface area contributed by atoms with Crippen LogP contribution in [0.5, 0.6) is 0 Å². The number of nitrogens with zero attached hydrogens (tertiary/aromatic N) is 1. The first kappa shape index (κ1) is 10.8. The largest absolute Gasteiger partial charge is 0.469 e. The van der Waals surface area contributed by atoms with Crippen LogP contribution in [0.25, 0.3) is 0 Å².